The fraction of sp³-hybridized carbons (Fsp3) is 0.474. The Kier molecular flexibility index (Phi) is 6.40. The third kappa shape index (κ3) is 5.09. The maximum absolute atomic E-state index is 12.9. The minimum Gasteiger partial charge on any atom is -0.459 e. The Morgan fingerprint density at radius 3 is 2.41 bits per heavy atom. The van der Waals surface area contributed by atoms with Gasteiger partial charge in [-0.05, 0) is 62.7 Å². The van der Waals surface area contributed by atoms with Crippen molar-refractivity contribution >= 4 is 51.3 Å². The summed E-state index contributed by atoms with van der Waals surface area (Å²) in [5, 5.41) is 1.14. The van der Waals surface area contributed by atoms with Crippen LogP contribution in [0.5, 0.6) is 0 Å². The van der Waals surface area contributed by atoms with Crippen molar-refractivity contribution in [2.45, 2.75) is 46.8 Å². The maximum Gasteiger partial charge on any atom is 0.326 e. The molecule has 0 saturated carbocycles. The largest absolute Gasteiger partial charge is 0.459 e. The molecule has 148 valence electrons. The maximum atomic E-state index is 12.9. The van der Waals surface area contributed by atoms with E-state index in [0.717, 1.165) is 0 Å². The number of aromatic nitrogens is 1. The van der Waals surface area contributed by atoms with E-state index >= 15 is 0 Å². The lowest BCUT2D eigenvalue weighted by molar-refractivity contribution is -0.155. The molecule has 0 saturated heterocycles. The molecule has 1 unspecified atom stereocenters. The van der Waals surface area contributed by atoms with Crippen LogP contribution in [-0.2, 0) is 25.2 Å². The van der Waals surface area contributed by atoms with Crippen molar-refractivity contribution in [3.05, 3.63) is 28.4 Å². The normalized spacial score (nSPS) is 14.2. The summed E-state index contributed by atoms with van der Waals surface area (Å²) in [5.41, 5.74) is 0.542. The van der Waals surface area contributed by atoms with E-state index in [0.29, 0.717) is 32.9 Å². The average molecular weight is 458 g/mol. The molecule has 6 nitrogen and oxygen atoms in total. The molecule has 1 atom stereocenters. The zero-order valence-electron chi connectivity index (χ0n) is 16.5. The molecule has 0 radical (unpaired) electrons. The summed E-state index contributed by atoms with van der Waals surface area (Å²) < 4.78 is 26.0. The predicted molar refractivity (Wildman–Crippen MR) is 110 cm³/mol. The van der Waals surface area contributed by atoms with E-state index < -0.39 is 18.9 Å². The van der Waals surface area contributed by atoms with Crippen molar-refractivity contribution in [2.75, 3.05) is 13.3 Å². The van der Waals surface area contributed by atoms with E-state index in [4.69, 9.17) is 9.26 Å². The predicted octanol–water partition coefficient (Wildman–Crippen LogP) is 4.52. The summed E-state index contributed by atoms with van der Waals surface area (Å²) in [6.07, 6.45) is 1.63. The first-order chi connectivity index (χ1) is 12.4. The van der Waals surface area contributed by atoms with Gasteiger partial charge in [0.1, 0.15) is 12.1 Å². The number of esters is 1. The molecule has 2 aromatic rings. The van der Waals surface area contributed by atoms with Crippen molar-refractivity contribution in [2.24, 2.45) is 0 Å². The lowest BCUT2D eigenvalue weighted by Gasteiger charge is -2.20. The minimum atomic E-state index is -3.04. The van der Waals surface area contributed by atoms with Gasteiger partial charge in [-0.15, -0.1) is 0 Å². The van der Waals surface area contributed by atoms with Gasteiger partial charge in [0, 0.05) is 28.3 Å². The van der Waals surface area contributed by atoms with Gasteiger partial charge in [0.25, 0.3) is 0 Å². The number of carbonyl (C=O) groups is 2. The number of Topliss-reactive ketones (excluding diaryl/α,β-unsaturated/α-hetero) is 1. The van der Waals surface area contributed by atoms with Gasteiger partial charge in [0.05, 0.1) is 17.4 Å². The highest BCUT2D eigenvalue weighted by Gasteiger charge is 2.25. The van der Waals surface area contributed by atoms with Crippen molar-refractivity contribution in [3.8, 4) is 0 Å². The second kappa shape index (κ2) is 7.90. The van der Waals surface area contributed by atoms with Crippen LogP contribution in [0, 0.1) is 0 Å². The molecule has 1 aromatic heterocycles. The molecule has 0 fully saturated rings. The van der Waals surface area contributed by atoms with Crippen molar-refractivity contribution in [3.63, 3.8) is 0 Å². The van der Waals surface area contributed by atoms with Crippen LogP contribution in [0.3, 0.4) is 0 Å². The number of hydrogen-bond donors (Lipinski definition) is 0. The topological polar surface area (TPSA) is 74.6 Å². The molecule has 1 aromatic carbocycles. The zero-order chi connectivity index (χ0) is 20.6. The molecule has 27 heavy (non-hydrogen) atoms. The summed E-state index contributed by atoms with van der Waals surface area (Å²) in [4.78, 5) is 24.4. The Labute approximate surface area is 167 Å². The molecule has 0 aliphatic carbocycles. The third-order valence-electron chi connectivity index (χ3n) is 3.86. The quantitative estimate of drug-likeness (QED) is 0.362. The second-order valence-electron chi connectivity index (χ2n) is 7.40. The molecule has 0 amide bonds. The standard InChI is InChI=1S/C19H25BrNO5P/c1-7-25-27(6,24)17-8-13-14(12(2)22)10-21(16(13)9-15(17)20)11-18(23)26-19(3,4)5/h8-10H,7,11H2,1-6H3. The van der Waals surface area contributed by atoms with Gasteiger partial charge >= 0.3 is 5.97 Å². The molecule has 0 spiro atoms. The Bertz CT molecular complexity index is 942. The lowest BCUT2D eigenvalue weighted by atomic mass is 10.1. The third-order valence-corrected chi connectivity index (χ3v) is 6.82. The van der Waals surface area contributed by atoms with E-state index in [1.54, 1.807) is 57.3 Å². The first-order valence-electron chi connectivity index (χ1n) is 8.63. The van der Waals surface area contributed by atoms with E-state index in [2.05, 4.69) is 15.9 Å². The van der Waals surface area contributed by atoms with E-state index in [-0.39, 0.29) is 12.3 Å². The lowest BCUT2D eigenvalue weighted by Crippen LogP contribution is -2.26. The number of halogens is 1. The van der Waals surface area contributed by atoms with Crippen LogP contribution < -0.4 is 5.30 Å². The molecule has 0 N–H and O–H groups in total. The fourth-order valence-electron chi connectivity index (χ4n) is 2.85. The van der Waals surface area contributed by atoms with Gasteiger partial charge < -0.3 is 13.8 Å². The van der Waals surface area contributed by atoms with E-state index in [1.807, 2.05) is 0 Å². The highest BCUT2D eigenvalue weighted by Crippen LogP contribution is 2.44. The Morgan fingerprint density at radius 1 is 1.26 bits per heavy atom. The van der Waals surface area contributed by atoms with Crippen LogP contribution in [0.1, 0.15) is 45.0 Å². The summed E-state index contributed by atoms with van der Waals surface area (Å²) in [5.74, 6) is -0.538. The second-order valence-corrected chi connectivity index (χ2v) is 10.7. The van der Waals surface area contributed by atoms with E-state index in [9.17, 15) is 14.2 Å². The molecule has 1 heterocycles. The van der Waals surface area contributed by atoms with Crippen LogP contribution in [0.15, 0.2) is 22.8 Å². The fourth-order valence-corrected chi connectivity index (χ4v) is 5.60. The van der Waals surface area contributed by atoms with Gasteiger partial charge in [-0.2, -0.15) is 0 Å². The van der Waals surface area contributed by atoms with Crippen molar-refractivity contribution in [1.82, 2.24) is 4.57 Å². The van der Waals surface area contributed by atoms with Crippen LogP contribution >= 0.6 is 23.3 Å². The Hall–Kier alpha value is -1.43. The monoisotopic (exact) mass is 457 g/mol. The first kappa shape index (κ1) is 21.9. The minimum absolute atomic E-state index is 0.0257. The number of ketones is 1. The first-order valence-corrected chi connectivity index (χ1v) is 11.5. The molecular formula is C19H25BrNO5P. The molecular weight excluding hydrogens is 433 g/mol. The SMILES string of the molecule is CCOP(C)(=O)c1cc2c(C(C)=O)cn(CC(=O)OC(C)(C)C)c2cc1Br. The summed E-state index contributed by atoms with van der Waals surface area (Å²) in [6, 6.07) is 3.47. The number of ether oxygens (including phenoxy) is 1. The van der Waals surface area contributed by atoms with Crippen LogP contribution in [0.2, 0.25) is 0 Å². The van der Waals surface area contributed by atoms with Gasteiger partial charge in [-0.3, -0.25) is 14.2 Å². The summed E-state index contributed by atoms with van der Waals surface area (Å²) >= 11 is 3.45. The highest BCUT2D eigenvalue weighted by molar-refractivity contribution is 9.10. The molecule has 0 bridgehead atoms. The Balaban J connectivity index is 2.59. The van der Waals surface area contributed by atoms with Crippen LogP contribution in [0.25, 0.3) is 10.9 Å². The van der Waals surface area contributed by atoms with E-state index in [1.165, 1.54) is 6.92 Å². The van der Waals surface area contributed by atoms with Crippen LogP contribution in [-0.4, -0.2) is 35.2 Å². The molecule has 8 heteroatoms. The van der Waals surface area contributed by atoms with Gasteiger partial charge in [-0.1, -0.05) is 0 Å². The summed E-state index contributed by atoms with van der Waals surface area (Å²) in [6.45, 7) is 10.5. The summed E-state index contributed by atoms with van der Waals surface area (Å²) in [7, 11) is -3.04. The zero-order valence-corrected chi connectivity index (χ0v) is 18.9. The van der Waals surface area contributed by atoms with Gasteiger partial charge in [-0.25, -0.2) is 0 Å². The average Bonchev–Trinajstić information content (AvgIpc) is 2.82. The molecule has 2 rings (SSSR count). The number of fused-ring (bicyclic) bond motifs is 1. The Morgan fingerprint density at radius 2 is 1.89 bits per heavy atom. The number of nitrogens with zero attached hydrogens (tertiary/aromatic N) is 1. The van der Waals surface area contributed by atoms with Crippen molar-refractivity contribution < 1.29 is 23.4 Å². The van der Waals surface area contributed by atoms with Gasteiger partial charge in [0.2, 0.25) is 7.37 Å². The molecule has 0 aliphatic rings. The van der Waals surface area contributed by atoms with Crippen molar-refractivity contribution in [1.29, 1.82) is 0 Å². The molecule has 0 aliphatic heterocycles. The van der Waals surface area contributed by atoms with Crippen LogP contribution in [0.4, 0.5) is 0 Å². The number of carbonyl (C=O) groups excluding carboxylic acids is 2. The number of benzene rings is 1. The smallest absolute Gasteiger partial charge is 0.326 e. The number of hydrogen-bond acceptors (Lipinski definition) is 5. The highest BCUT2D eigenvalue weighted by atomic mass is 79.9. The number of rotatable bonds is 6. The van der Waals surface area contributed by atoms with Gasteiger partial charge in [0.15, 0.2) is 5.78 Å².